The number of carbonyl (C=O) groups excluding carboxylic acids is 1. The molecule has 4 nitrogen and oxygen atoms in total. The number of rotatable bonds is 4. The molecule has 0 saturated carbocycles. The lowest BCUT2D eigenvalue weighted by Gasteiger charge is -2.57. The van der Waals surface area contributed by atoms with Crippen LogP contribution < -0.4 is 0 Å². The molecule has 16 heavy (non-hydrogen) atoms. The van der Waals surface area contributed by atoms with E-state index in [1.54, 1.807) is 7.11 Å². The lowest BCUT2D eigenvalue weighted by Crippen LogP contribution is -2.72. The molecule has 3 aliphatic rings. The summed E-state index contributed by atoms with van der Waals surface area (Å²) < 4.78 is 5.17. The largest absolute Gasteiger partial charge is 0.394 e. The fourth-order valence-corrected chi connectivity index (χ4v) is 3.35. The minimum atomic E-state index is -0.763. The van der Waals surface area contributed by atoms with Gasteiger partial charge in [-0.25, -0.2) is 0 Å². The number of methoxy groups -OCH3 is 1. The van der Waals surface area contributed by atoms with Crippen molar-refractivity contribution in [3.05, 3.63) is 0 Å². The van der Waals surface area contributed by atoms with Crippen LogP contribution in [-0.2, 0) is 9.53 Å². The van der Waals surface area contributed by atoms with Crippen molar-refractivity contribution in [3.63, 3.8) is 0 Å². The molecular weight excluding hydrogens is 206 g/mol. The minimum Gasteiger partial charge on any atom is -0.394 e. The van der Waals surface area contributed by atoms with Crippen LogP contribution in [0.2, 0.25) is 0 Å². The van der Waals surface area contributed by atoms with Crippen molar-refractivity contribution in [3.8, 4) is 0 Å². The third-order valence-electron chi connectivity index (χ3n) is 4.55. The molecule has 3 saturated heterocycles. The molecule has 3 rings (SSSR count). The molecule has 0 amide bonds. The Hall–Kier alpha value is -0.450. The number of aliphatic hydroxyl groups is 1. The van der Waals surface area contributed by atoms with E-state index in [0.717, 1.165) is 32.4 Å². The van der Waals surface area contributed by atoms with Gasteiger partial charge in [-0.15, -0.1) is 0 Å². The first kappa shape index (κ1) is 12.0. The first-order valence-electron chi connectivity index (χ1n) is 6.05. The van der Waals surface area contributed by atoms with Gasteiger partial charge in [0.2, 0.25) is 0 Å². The quantitative estimate of drug-likeness (QED) is 0.757. The smallest absolute Gasteiger partial charge is 0.164 e. The van der Waals surface area contributed by atoms with E-state index in [1.807, 2.05) is 0 Å². The van der Waals surface area contributed by atoms with Crippen molar-refractivity contribution in [2.24, 2.45) is 5.41 Å². The maximum absolute atomic E-state index is 12.6. The second kappa shape index (κ2) is 4.09. The van der Waals surface area contributed by atoms with Crippen LogP contribution in [-0.4, -0.2) is 54.7 Å². The van der Waals surface area contributed by atoms with Gasteiger partial charge in [0, 0.05) is 25.6 Å². The average Bonchev–Trinajstić information content (AvgIpc) is 2.35. The Morgan fingerprint density at radius 3 is 2.50 bits per heavy atom. The molecule has 3 heterocycles. The van der Waals surface area contributed by atoms with E-state index >= 15 is 0 Å². The van der Waals surface area contributed by atoms with Crippen LogP contribution in [0.1, 0.15) is 26.2 Å². The maximum atomic E-state index is 12.6. The molecule has 4 heteroatoms. The molecule has 0 unspecified atom stereocenters. The normalized spacial score (nSPS) is 42.7. The Kier molecular flexibility index (Phi) is 3.07. The number of Topliss-reactive ketones (excluding diaryl/α,β-unsaturated/α-hetero) is 1. The van der Waals surface area contributed by atoms with Crippen LogP contribution in [0.3, 0.4) is 0 Å². The summed E-state index contributed by atoms with van der Waals surface area (Å²) >= 11 is 0. The maximum Gasteiger partial charge on any atom is 0.164 e. The van der Waals surface area contributed by atoms with Crippen molar-refractivity contribution in [1.82, 2.24) is 4.90 Å². The number of aliphatic hydroxyl groups excluding tert-OH is 1. The third kappa shape index (κ3) is 1.36. The standard InChI is InChI=1S/C12H21NO3/c1-3-11-4-6-13(7-5-11)12(8-14,9-16-2)10(11)15/h14H,3-9H2,1-2H3/t12-/m1/s1. The molecule has 0 aromatic carbocycles. The van der Waals surface area contributed by atoms with Gasteiger partial charge in [-0.05, 0) is 19.3 Å². The van der Waals surface area contributed by atoms with E-state index in [-0.39, 0.29) is 17.8 Å². The highest BCUT2D eigenvalue weighted by atomic mass is 16.5. The lowest BCUT2D eigenvalue weighted by atomic mass is 9.62. The van der Waals surface area contributed by atoms with Crippen molar-refractivity contribution >= 4 is 5.78 Å². The third-order valence-corrected chi connectivity index (χ3v) is 4.55. The predicted molar refractivity (Wildman–Crippen MR) is 60.2 cm³/mol. The number of ether oxygens (including phenoxy) is 1. The van der Waals surface area contributed by atoms with E-state index in [2.05, 4.69) is 11.8 Å². The number of carbonyl (C=O) groups is 1. The van der Waals surface area contributed by atoms with Crippen LogP contribution in [0.5, 0.6) is 0 Å². The van der Waals surface area contributed by atoms with Crippen LogP contribution in [0.15, 0.2) is 0 Å². The van der Waals surface area contributed by atoms with Gasteiger partial charge in [-0.1, -0.05) is 6.92 Å². The molecule has 0 spiro atoms. The monoisotopic (exact) mass is 227 g/mol. The zero-order chi connectivity index (χ0) is 11.8. The van der Waals surface area contributed by atoms with Gasteiger partial charge in [0.25, 0.3) is 0 Å². The molecule has 3 fully saturated rings. The Morgan fingerprint density at radius 2 is 2.06 bits per heavy atom. The molecule has 0 aliphatic carbocycles. The predicted octanol–water partition coefficient (Wildman–Crippen LogP) is 0.439. The van der Waals surface area contributed by atoms with Gasteiger partial charge in [-0.3, -0.25) is 9.69 Å². The molecule has 0 aromatic heterocycles. The van der Waals surface area contributed by atoms with Crippen molar-refractivity contribution in [2.45, 2.75) is 31.7 Å². The van der Waals surface area contributed by atoms with Crippen LogP contribution in [0, 0.1) is 5.41 Å². The fraction of sp³-hybridized carbons (Fsp3) is 0.917. The summed E-state index contributed by atoms with van der Waals surface area (Å²) in [4.78, 5) is 14.7. The summed E-state index contributed by atoms with van der Waals surface area (Å²) in [5, 5.41) is 9.63. The topological polar surface area (TPSA) is 49.8 Å². The van der Waals surface area contributed by atoms with Crippen molar-refractivity contribution in [1.29, 1.82) is 0 Å². The van der Waals surface area contributed by atoms with E-state index in [9.17, 15) is 9.90 Å². The highest BCUT2D eigenvalue weighted by Crippen LogP contribution is 2.47. The Morgan fingerprint density at radius 1 is 1.44 bits per heavy atom. The summed E-state index contributed by atoms with van der Waals surface area (Å²) in [7, 11) is 1.59. The van der Waals surface area contributed by atoms with E-state index in [1.165, 1.54) is 0 Å². The fourth-order valence-electron chi connectivity index (χ4n) is 3.35. The highest BCUT2D eigenvalue weighted by molar-refractivity contribution is 5.95. The summed E-state index contributed by atoms with van der Waals surface area (Å²) in [6.45, 7) is 4.08. The number of nitrogens with zero attached hydrogens (tertiary/aromatic N) is 1. The molecule has 1 atom stereocenters. The molecule has 2 bridgehead atoms. The van der Waals surface area contributed by atoms with Gasteiger partial charge in [0.15, 0.2) is 5.78 Å². The first-order valence-corrected chi connectivity index (χ1v) is 6.05. The van der Waals surface area contributed by atoms with Gasteiger partial charge in [0.1, 0.15) is 5.54 Å². The second-order valence-electron chi connectivity index (χ2n) is 5.07. The molecule has 92 valence electrons. The van der Waals surface area contributed by atoms with Gasteiger partial charge >= 0.3 is 0 Å². The van der Waals surface area contributed by atoms with Gasteiger partial charge < -0.3 is 9.84 Å². The van der Waals surface area contributed by atoms with E-state index < -0.39 is 5.54 Å². The highest BCUT2D eigenvalue weighted by Gasteiger charge is 2.59. The molecule has 0 aromatic rings. The van der Waals surface area contributed by atoms with Crippen molar-refractivity contribution < 1.29 is 14.6 Å². The molecule has 1 N–H and O–H groups in total. The summed E-state index contributed by atoms with van der Waals surface area (Å²) in [5.41, 5.74) is -0.961. The van der Waals surface area contributed by atoms with Gasteiger partial charge in [0.05, 0.1) is 13.2 Å². The van der Waals surface area contributed by atoms with Gasteiger partial charge in [-0.2, -0.15) is 0 Å². The SMILES string of the molecule is CCC12CCN(CC1)[C@](CO)(COC)C2=O. The number of fused-ring (bicyclic) bond motifs is 3. The number of piperidine rings is 3. The first-order chi connectivity index (χ1) is 7.65. The van der Waals surface area contributed by atoms with Crippen LogP contribution in [0.4, 0.5) is 0 Å². The number of hydrogen-bond donors (Lipinski definition) is 1. The Balaban J connectivity index is 2.36. The number of hydrogen-bond acceptors (Lipinski definition) is 4. The Bertz CT molecular complexity index is 284. The zero-order valence-corrected chi connectivity index (χ0v) is 10.2. The van der Waals surface area contributed by atoms with Crippen LogP contribution in [0.25, 0.3) is 0 Å². The molecule has 3 aliphatic heterocycles. The molecule has 0 radical (unpaired) electrons. The van der Waals surface area contributed by atoms with Crippen molar-refractivity contribution in [2.75, 3.05) is 33.4 Å². The number of ketones is 1. The average molecular weight is 227 g/mol. The lowest BCUT2D eigenvalue weighted by molar-refractivity contribution is -0.171. The zero-order valence-electron chi connectivity index (χ0n) is 10.2. The van der Waals surface area contributed by atoms with E-state index in [4.69, 9.17) is 4.74 Å². The Labute approximate surface area is 96.6 Å². The summed E-state index contributed by atoms with van der Waals surface area (Å²) in [6.07, 6.45) is 2.76. The summed E-state index contributed by atoms with van der Waals surface area (Å²) in [6, 6.07) is 0. The second-order valence-corrected chi connectivity index (χ2v) is 5.07. The van der Waals surface area contributed by atoms with Crippen LogP contribution >= 0.6 is 0 Å². The van der Waals surface area contributed by atoms with E-state index in [0.29, 0.717) is 6.61 Å². The molecular formula is C12H21NO3. The minimum absolute atomic E-state index is 0.124. The summed E-state index contributed by atoms with van der Waals surface area (Å²) in [5.74, 6) is 0.198.